The molecule has 0 unspecified atom stereocenters. The average Bonchev–Trinajstić information content (AvgIpc) is 2.86. The molecule has 140 valence electrons. The number of carbonyl (C=O) groups excluding carboxylic acids is 2. The molecule has 0 bridgehead atoms. The molecule has 1 aliphatic heterocycles. The Morgan fingerprint density at radius 1 is 1.11 bits per heavy atom. The van der Waals surface area contributed by atoms with Gasteiger partial charge in [-0.05, 0) is 30.5 Å². The summed E-state index contributed by atoms with van der Waals surface area (Å²) in [6.07, 6.45) is 0. The van der Waals surface area contributed by atoms with E-state index in [-0.39, 0.29) is 23.0 Å². The predicted octanol–water partition coefficient (Wildman–Crippen LogP) is 3.78. The molecule has 2 aromatic carbocycles. The molecule has 0 radical (unpaired) electrons. The summed E-state index contributed by atoms with van der Waals surface area (Å²) >= 11 is 0. The van der Waals surface area contributed by atoms with Gasteiger partial charge in [-0.15, -0.1) is 0 Å². The minimum atomic E-state index is -0.735. The third-order valence-electron chi connectivity index (χ3n) is 4.61. The van der Waals surface area contributed by atoms with Crippen molar-refractivity contribution in [3.63, 3.8) is 0 Å². The lowest BCUT2D eigenvalue weighted by molar-refractivity contribution is -0.140. The van der Waals surface area contributed by atoms with Gasteiger partial charge in [0.1, 0.15) is 11.5 Å². The normalized spacial score (nSPS) is 19.1. The lowest BCUT2D eigenvalue weighted by atomic mass is 9.94. The quantitative estimate of drug-likeness (QED) is 0.491. The number of hydrogen-bond acceptors (Lipinski definition) is 4. The second-order valence-electron chi connectivity index (χ2n) is 7.31. The maximum absolute atomic E-state index is 12.8. The first-order valence-electron chi connectivity index (χ1n) is 8.94. The van der Waals surface area contributed by atoms with Crippen molar-refractivity contribution < 1.29 is 19.8 Å². The Labute approximate surface area is 158 Å². The van der Waals surface area contributed by atoms with Crippen molar-refractivity contribution in [1.29, 1.82) is 0 Å². The molecule has 1 fully saturated rings. The van der Waals surface area contributed by atoms with Gasteiger partial charge in [0.2, 0.25) is 0 Å². The molecule has 1 atom stereocenters. The number of ketones is 1. The zero-order valence-corrected chi connectivity index (χ0v) is 15.6. The minimum absolute atomic E-state index is 0.0398. The van der Waals surface area contributed by atoms with Gasteiger partial charge in [-0.25, -0.2) is 0 Å². The Morgan fingerprint density at radius 3 is 2.37 bits per heavy atom. The topological polar surface area (TPSA) is 77.8 Å². The highest BCUT2D eigenvalue weighted by Gasteiger charge is 2.46. The van der Waals surface area contributed by atoms with Crippen molar-refractivity contribution >= 4 is 17.4 Å². The van der Waals surface area contributed by atoms with Crippen LogP contribution >= 0.6 is 0 Å². The van der Waals surface area contributed by atoms with Crippen LogP contribution in [0.1, 0.15) is 36.6 Å². The van der Waals surface area contributed by atoms with Gasteiger partial charge < -0.3 is 15.1 Å². The second kappa shape index (κ2) is 7.27. The van der Waals surface area contributed by atoms with E-state index in [4.69, 9.17) is 0 Å². The number of carbonyl (C=O) groups is 2. The van der Waals surface area contributed by atoms with Crippen LogP contribution in [0.15, 0.2) is 54.1 Å². The van der Waals surface area contributed by atoms with Gasteiger partial charge in [-0.1, -0.05) is 55.8 Å². The molecule has 0 spiro atoms. The molecule has 1 saturated heterocycles. The predicted molar refractivity (Wildman–Crippen MR) is 103 cm³/mol. The van der Waals surface area contributed by atoms with Gasteiger partial charge in [0, 0.05) is 12.1 Å². The van der Waals surface area contributed by atoms with Crippen LogP contribution in [0.2, 0.25) is 0 Å². The monoisotopic (exact) mass is 365 g/mol. The molecule has 2 aromatic rings. The van der Waals surface area contributed by atoms with Gasteiger partial charge >= 0.3 is 0 Å². The summed E-state index contributed by atoms with van der Waals surface area (Å²) in [7, 11) is 0. The van der Waals surface area contributed by atoms with Crippen molar-refractivity contribution in [3.8, 4) is 5.75 Å². The van der Waals surface area contributed by atoms with Gasteiger partial charge in [-0.3, -0.25) is 9.59 Å². The van der Waals surface area contributed by atoms with Crippen molar-refractivity contribution in [2.24, 2.45) is 5.92 Å². The summed E-state index contributed by atoms with van der Waals surface area (Å²) in [4.78, 5) is 26.9. The number of phenolic OH excluding ortho intramolecular Hbond substituents is 1. The Bertz CT molecular complexity index is 912. The second-order valence-corrected chi connectivity index (χ2v) is 7.31. The number of Topliss-reactive ketones (excluding diaryl/α,β-unsaturated/α-hetero) is 1. The lowest BCUT2D eigenvalue weighted by Crippen LogP contribution is -2.33. The van der Waals surface area contributed by atoms with Crippen LogP contribution < -0.4 is 0 Å². The Balaban J connectivity index is 2.19. The van der Waals surface area contributed by atoms with Crippen molar-refractivity contribution in [3.05, 3.63) is 70.8 Å². The fourth-order valence-electron chi connectivity index (χ4n) is 3.37. The lowest BCUT2D eigenvalue weighted by Gasteiger charge is -2.27. The molecule has 27 heavy (non-hydrogen) atoms. The first-order valence-corrected chi connectivity index (χ1v) is 8.94. The van der Waals surface area contributed by atoms with E-state index in [1.165, 1.54) is 17.0 Å². The standard InChI is InChI=1S/C22H23NO4/c1-13(2)12-23-19(16-5-4-6-17(24)11-16)18(21(26)22(23)27)20(25)15-9-7-14(3)8-10-15/h4-11,13,19,24-25H,12H2,1-3H3/t19-/m1/s1. The highest BCUT2D eigenvalue weighted by Crippen LogP contribution is 2.40. The van der Waals surface area contributed by atoms with Gasteiger partial charge in [0.05, 0.1) is 11.6 Å². The number of hydrogen-bond donors (Lipinski definition) is 2. The summed E-state index contributed by atoms with van der Waals surface area (Å²) in [5.74, 6) is -1.36. The Kier molecular flexibility index (Phi) is 5.04. The van der Waals surface area contributed by atoms with Crippen LogP contribution in [0, 0.1) is 12.8 Å². The number of amides is 1. The summed E-state index contributed by atoms with van der Waals surface area (Å²) in [6.45, 7) is 6.21. The first-order chi connectivity index (χ1) is 12.8. The van der Waals surface area contributed by atoms with Crippen LogP contribution in [-0.2, 0) is 9.59 Å². The molecular weight excluding hydrogens is 342 g/mol. The number of aliphatic hydroxyl groups excluding tert-OH is 1. The fourth-order valence-corrected chi connectivity index (χ4v) is 3.37. The zero-order valence-electron chi connectivity index (χ0n) is 15.6. The van der Waals surface area contributed by atoms with E-state index in [0.717, 1.165) is 5.56 Å². The number of aromatic hydroxyl groups is 1. The molecule has 5 nitrogen and oxygen atoms in total. The van der Waals surface area contributed by atoms with Crippen molar-refractivity contribution in [1.82, 2.24) is 4.90 Å². The minimum Gasteiger partial charge on any atom is -0.508 e. The van der Waals surface area contributed by atoms with Crippen LogP contribution in [0.4, 0.5) is 0 Å². The highest BCUT2D eigenvalue weighted by molar-refractivity contribution is 6.46. The maximum Gasteiger partial charge on any atom is 0.295 e. The number of benzene rings is 2. The van der Waals surface area contributed by atoms with Crippen molar-refractivity contribution in [2.75, 3.05) is 6.54 Å². The van der Waals surface area contributed by atoms with E-state index in [1.54, 1.807) is 24.3 Å². The van der Waals surface area contributed by atoms with Gasteiger partial charge in [0.25, 0.3) is 11.7 Å². The van der Waals surface area contributed by atoms with E-state index in [2.05, 4.69) is 0 Å². The van der Waals surface area contributed by atoms with Gasteiger partial charge in [0.15, 0.2) is 0 Å². The molecule has 5 heteroatoms. The number of phenols is 1. The molecule has 0 saturated carbocycles. The summed E-state index contributed by atoms with van der Waals surface area (Å²) in [6, 6.07) is 12.8. The van der Waals surface area contributed by atoms with Crippen molar-refractivity contribution in [2.45, 2.75) is 26.8 Å². The highest BCUT2D eigenvalue weighted by atomic mass is 16.3. The molecule has 3 rings (SSSR count). The smallest absolute Gasteiger partial charge is 0.295 e. The summed E-state index contributed by atoms with van der Waals surface area (Å²) < 4.78 is 0. The fraction of sp³-hybridized carbons (Fsp3) is 0.273. The number of rotatable bonds is 4. The molecular formula is C22H23NO4. The molecule has 1 aliphatic rings. The van der Waals surface area contributed by atoms with E-state index < -0.39 is 17.7 Å². The summed E-state index contributed by atoms with van der Waals surface area (Å²) in [5, 5.41) is 20.7. The number of aryl methyl sites for hydroxylation is 1. The number of nitrogens with zero attached hydrogens (tertiary/aromatic N) is 1. The Hall–Kier alpha value is -3.08. The summed E-state index contributed by atoms with van der Waals surface area (Å²) in [5.41, 5.74) is 2.14. The molecule has 1 amide bonds. The van der Waals surface area contributed by atoms with Crippen LogP contribution in [0.5, 0.6) is 5.75 Å². The molecule has 1 heterocycles. The molecule has 0 aliphatic carbocycles. The number of likely N-dealkylation sites (tertiary alicyclic amines) is 1. The van der Waals surface area contributed by atoms with E-state index in [9.17, 15) is 19.8 Å². The third-order valence-corrected chi connectivity index (χ3v) is 4.61. The van der Waals surface area contributed by atoms with E-state index >= 15 is 0 Å². The van der Waals surface area contributed by atoms with Gasteiger partial charge in [-0.2, -0.15) is 0 Å². The van der Waals surface area contributed by atoms with E-state index in [1.807, 2.05) is 32.9 Å². The zero-order chi connectivity index (χ0) is 19.7. The van der Waals surface area contributed by atoms with Crippen LogP contribution in [0.25, 0.3) is 5.76 Å². The first kappa shape index (κ1) is 18.7. The van der Waals surface area contributed by atoms with Crippen LogP contribution in [0.3, 0.4) is 0 Å². The third kappa shape index (κ3) is 3.58. The average molecular weight is 365 g/mol. The Morgan fingerprint density at radius 2 is 1.78 bits per heavy atom. The molecule has 0 aromatic heterocycles. The largest absolute Gasteiger partial charge is 0.508 e. The number of aliphatic hydroxyl groups is 1. The SMILES string of the molecule is Cc1ccc(C(O)=C2C(=O)C(=O)N(CC(C)C)[C@@H]2c2cccc(O)c2)cc1. The van der Waals surface area contributed by atoms with E-state index in [0.29, 0.717) is 17.7 Å². The van der Waals surface area contributed by atoms with Crippen LogP contribution in [-0.4, -0.2) is 33.3 Å². The molecule has 2 N–H and O–H groups in total. The maximum atomic E-state index is 12.8.